The molecule has 94 valence electrons. The summed E-state index contributed by atoms with van der Waals surface area (Å²) in [6.45, 7) is 0.626. The Kier molecular flexibility index (Phi) is 4.76. The number of carbonyl (C=O) groups is 2. The second-order valence-corrected chi connectivity index (χ2v) is 4.18. The number of carboxylic acids is 1. The number of carboxylic acid groups (broad SMARTS) is 1. The molecule has 1 aliphatic carbocycles. The number of urea groups is 1. The van der Waals surface area contributed by atoms with Gasteiger partial charge in [-0.2, -0.15) is 5.26 Å². The molecule has 17 heavy (non-hydrogen) atoms. The standard InChI is InChI=1S/C11H17N3O3/c1-13(8-5-10(15)16)11(17)14(7-2-6-12)9-3-4-9/h9H,2-5,7-8H2,1H3,(H,15,16). The van der Waals surface area contributed by atoms with Gasteiger partial charge in [0, 0.05) is 26.2 Å². The van der Waals surface area contributed by atoms with Crippen molar-refractivity contribution in [1.29, 1.82) is 5.26 Å². The highest BCUT2D eigenvalue weighted by Crippen LogP contribution is 2.27. The van der Waals surface area contributed by atoms with Crippen LogP contribution in [0.3, 0.4) is 0 Å². The molecule has 0 spiro atoms. The molecular formula is C11H17N3O3. The fraction of sp³-hybridized carbons (Fsp3) is 0.727. The lowest BCUT2D eigenvalue weighted by Gasteiger charge is -2.27. The highest BCUT2D eigenvalue weighted by molar-refractivity contribution is 5.76. The summed E-state index contributed by atoms with van der Waals surface area (Å²) in [5.74, 6) is -0.917. The fourth-order valence-corrected chi connectivity index (χ4v) is 1.57. The Morgan fingerprint density at radius 3 is 2.53 bits per heavy atom. The van der Waals surface area contributed by atoms with Crippen LogP contribution in [0.1, 0.15) is 25.7 Å². The summed E-state index contributed by atoms with van der Waals surface area (Å²) >= 11 is 0. The van der Waals surface area contributed by atoms with E-state index in [9.17, 15) is 9.59 Å². The van der Waals surface area contributed by atoms with Gasteiger partial charge in [0.05, 0.1) is 18.9 Å². The van der Waals surface area contributed by atoms with Crippen LogP contribution in [-0.2, 0) is 4.79 Å². The second kappa shape index (κ2) is 6.09. The maximum absolute atomic E-state index is 12.0. The van der Waals surface area contributed by atoms with E-state index in [1.807, 2.05) is 6.07 Å². The Labute approximate surface area is 100 Å². The highest BCUT2D eigenvalue weighted by atomic mass is 16.4. The molecule has 1 aliphatic rings. The topological polar surface area (TPSA) is 84.6 Å². The number of amides is 2. The SMILES string of the molecule is CN(CCC(=O)O)C(=O)N(CCC#N)C1CC1. The van der Waals surface area contributed by atoms with Crippen LogP contribution < -0.4 is 0 Å². The minimum absolute atomic E-state index is 0.0566. The van der Waals surface area contributed by atoms with E-state index in [1.165, 1.54) is 4.90 Å². The molecule has 2 amide bonds. The van der Waals surface area contributed by atoms with Gasteiger partial charge in [0.25, 0.3) is 0 Å². The van der Waals surface area contributed by atoms with Gasteiger partial charge in [0.15, 0.2) is 0 Å². The van der Waals surface area contributed by atoms with Crippen LogP contribution in [0.2, 0.25) is 0 Å². The van der Waals surface area contributed by atoms with Crippen molar-refractivity contribution < 1.29 is 14.7 Å². The molecule has 0 heterocycles. The number of rotatable bonds is 6. The Morgan fingerprint density at radius 1 is 1.41 bits per heavy atom. The van der Waals surface area contributed by atoms with Gasteiger partial charge in [0.2, 0.25) is 0 Å². The molecule has 0 aromatic heterocycles. The molecule has 1 rings (SSSR count). The van der Waals surface area contributed by atoms with E-state index in [0.717, 1.165) is 12.8 Å². The van der Waals surface area contributed by atoms with E-state index in [4.69, 9.17) is 10.4 Å². The van der Waals surface area contributed by atoms with E-state index in [0.29, 0.717) is 13.0 Å². The molecule has 0 aromatic rings. The lowest BCUT2D eigenvalue weighted by Crippen LogP contribution is -2.43. The van der Waals surface area contributed by atoms with Crippen LogP contribution in [0.4, 0.5) is 4.79 Å². The van der Waals surface area contributed by atoms with Crippen molar-refractivity contribution in [2.75, 3.05) is 20.1 Å². The third kappa shape index (κ3) is 4.31. The molecule has 0 bridgehead atoms. The normalized spacial score (nSPS) is 13.9. The van der Waals surface area contributed by atoms with Gasteiger partial charge in [0.1, 0.15) is 0 Å². The van der Waals surface area contributed by atoms with Gasteiger partial charge >= 0.3 is 12.0 Å². The predicted molar refractivity (Wildman–Crippen MR) is 60.2 cm³/mol. The van der Waals surface area contributed by atoms with Crippen LogP contribution in [0.25, 0.3) is 0 Å². The minimum atomic E-state index is -0.917. The molecule has 0 radical (unpaired) electrons. The van der Waals surface area contributed by atoms with Gasteiger partial charge in [-0.05, 0) is 12.8 Å². The van der Waals surface area contributed by atoms with Crippen LogP contribution >= 0.6 is 0 Å². The van der Waals surface area contributed by atoms with Crippen molar-refractivity contribution in [1.82, 2.24) is 9.80 Å². The van der Waals surface area contributed by atoms with Gasteiger partial charge in [-0.15, -0.1) is 0 Å². The smallest absolute Gasteiger partial charge is 0.320 e. The number of hydrogen-bond acceptors (Lipinski definition) is 3. The van der Waals surface area contributed by atoms with Crippen LogP contribution in [-0.4, -0.2) is 53.1 Å². The number of nitrogens with zero attached hydrogens (tertiary/aromatic N) is 3. The molecule has 1 saturated carbocycles. The van der Waals surface area contributed by atoms with Crippen molar-refractivity contribution in [2.24, 2.45) is 0 Å². The molecule has 1 fully saturated rings. The summed E-state index contributed by atoms with van der Waals surface area (Å²) < 4.78 is 0. The molecular weight excluding hydrogens is 222 g/mol. The van der Waals surface area contributed by atoms with Gasteiger partial charge in [-0.25, -0.2) is 4.79 Å². The zero-order valence-electron chi connectivity index (χ0n) is 9.93. The van der Waals surface area contributed by atoms with E-state index >= 15 is 0 Å². The first-order chi connectivity index (χ1) is 8.06. The third-order valence-corrected chi connectivity index (χ3v) is 2.69. The first kappa shape index (κ1) is 13.3. The number of aliphatic carboxylic acids is 1. The maximum atomic E-state index is 12.0. The average Bonchev–Trinajstić information content (AvgIpc) is 3.10. The van der Waals surface area contributed by atoms with Crippen molar-refractivity contribution in [3.63, 3.8) is 0 Å². The Hall–Kier alpha value is -1.77. The summed E-state index contributed by atoms with van der Waals surface area (Å²) in [5.41, 5.74) is 0. The van der Waals surface area contributed by atoms with Crippen molar-refractivity contribution in [3.8, 4) is 6.07 Å². The largest absolute Gasteiger partial charge is 0.481 e. The van der Waals surface area contributed by atoms with E-state index in [1.54, 1.807) is 11.9 Å². The van der Waals surface area contributed by atoms with Gasteiger partial charge < -0.3 is 14.9 Å². The van der Waals surface area contributed by atoms with Gasteiger partial charge in [-0.1, -0.05) is 0 Å². The number of nitriles is 1. The van der Waals surface area contributed by atoms with E-state index in [-0.39, 0.29) is 25.0 Å². The van der Waals surface area contributed by atoms with E-state index in [2.05, 4.69) is 0 Å². The summed E-state index contributed by atoms with van der Waals surface area (Å²) in [4.78, 5) is 25.5. The van der Waals surface area contributed by atoms with Crippen LogP contribution in [0, 0.1) is 11.3 Å². The molecule has 0 unspecified atom stereocenters. The summed E-state index contributed by atoms with van der Waals surface area (Å²) in [5, 5.41) is 17.1. The van der Waals surface area contributed by atoms with E-state index < -0.39 is 5.97 Å². The molecule has 0 aromatic carbocycles. The third-order valence-electron chi connectivity index (χ3n) is 2.69. The summed E-state index contributed by atoms with van der Waals surface area (Å²) in [6.07, 6.45) is 2.21. The Morgan fingerprint density at radius 2 is 2.06 bits per heavy atom. The first-order valence-corrected chi connectivity index (χ1v) is 5.66. The highest BCUT2D eigenvalue weighted by Gasteiger charge is 2.33. The Balaban J connectivity index is 2.46. The number of hydrogen-bond donors (Lipinski definition) is 1. The first-order valence-electron chi connectivity index (χ1n) is 5.66. The molecule has 1 N–H and O–H groups in total. The quantitative estimate of drug-likeness (QED) is 0.746. The molecule has 0 saturated heterocycles. The average molecular weight is 239 g/mol. The lowest BCUT2D eigenvalue weighted by molar-refractivity contribution is -0.137. The van der Waals surface area contributed by atoms with Crippen LogP contribution in [0.15, 0.2) is 0 Å². The Bertz CT molecular complexity index is 333. The molecule has 0 atom stereocenters. The monoisotopic (exact) mass is 239 g/mol. The molecule has 6 heteroatoms. The van der Waals surface area contributed by atoms with Crippen molar-refractivity contribution in [2.45, 2.75) is 31.7 Å². The zero-order valence-corrected chi connectivity index (χ0v) is 9.93. The summed E-state index contributed by atoms with van der Waals surface area (Å²) in [7, 11) is 1.59. The summed E-state index contributed by atoms with van der Waals surface area (Å²) in [6, 6.07) is 2.08. The van der Waals surface area contributed by atoms with Crippen molar-refractivity contribution >= 4 is 12.0 Å². The molecule has 6 nitrogen and oxygen atoms in total. The zero-order chi connectivity index (χ0) is 12.8. The number of carbonyl (C=O) groups excluding carboxylic acids is 1. The van der Waals surface area contributed by atoms with Gasteiger partial charge in [-0.3, -0.25) is 4.79 Å². The minimum Gasteiger partial charge on any atom is -0.481 e. The van der Waals surface area contributed by atoms with Crippen LogP contribution in [0.5, 0.6) is 0 Å². The molecule has 0 aliphatic heterocycles. The lowest BCUT2D eigenvalue weighted by atomic mass is 10.3. The second-order valence-electron chi connectivity index (χ2n) is 4.18. The van der Waals surface area contributed by atoms with Crippen molar-refractivity contribution in [3.05, 3.63) is 0 Å². The fourth-order valence-electron chi connectivity index (χ4n) is 1.57. The predicted octanol–water partition coefficient (Wildman–Crippen LogP) is 0.891. The maximum Gasteiger partial charge on any atom is 0.320 e.